The summed E-state index contributed by atoms with van der Waals surface area (Å²) in [5.41, 5.74) is 0. The topological polar surface area (TPSA) is 24.1 Å². The second kappa shape index (κ2) is 6.61. The summed E-state index contributed by atoms with van der Waals surface area (Å²) in [4.78, 5) is 0. The summed E-state index contributed by atoms with van der Waals surface area (Å²) in [5, 5.41) is 7.38. The van der Waals surface area contributed by atoms with Crippen LogP contribution in [0.4, 0.5) is 0 Å². The molecular formula is C14H28N2. The van der Waals surface area contributed by atoms with E-state index in [9.17, 15) is 0 Å². The minimum atomic E-state index is 0.739. The molecule has 1 aliphatic carbocycles. The fourth-order valence-electron chi connectivity index (χ4n) is 3.33. The number of rotatable bonds is 3. The highest BCUT2D eigenvalue weighted by Crippen LogP contribution is 2.26. The third-order valence-electron chi connectivity index (χ3n) is 4.43. The Morgan fingerprint density at radius 2 is 1.75 bits per heavy atom. The van der Waals surface area contributed by atoms with Gasteiger partial charge in [0.25, 0.3) is 0 Å². The smallest absolute Gasteiger partial charge is 0.00822 e. The van der Waals surface area contributed by atoms with Gasteiger partial charge in [0, 0.05) is 12.1 Å². The first kappa shape index (κ1) is 12.4. The van der Waals surface area contributed by atoms with Crippen molar-refractivity contribution in [3.05, 3.63) is 0 Å². The molecule has 2 heteroatoms. The first-order chi connectivity index (χ1) is 7.86. The molecule has 1 heterocycles. The van der Waals surface area contributed by atoms with Gasteiger partial charge in [-0.15, -0.1) is 0 Å². The fraction of sp³-hybridized carbons (Fsp3) is 1.00. The zero-order valence-electron chi connectivity index (χ0n) is 10.8. The molecule has 0 amide bonds. The molecule has 0 aromatic heterocycles. The van der Waals surface area contributed by atoms with Crippen molar-refractivity contribution in [3.63, 3.8) is 0 Å². The molecule has 0 spiro atoms. The third-order valence-corrected chi connectivity index (χ3v) is 4.43. The maximum absolute atomic E-state index is 3.89. The zero-order chi connectivity index (χ0) is 11.2. The van der Waals surface area contributed by atoms with E-state index in [1.165, 1.54) is 64.5 Å². The lowest BCUT2D eigenvalue weighted by molar-refractivity contribution is 0.258. The van der Waals surface area contributed by atoms with Gasteiger partial charge in [0.2, 0.25) is 0 Å². The highest BCUT2D eigenvalue weighted by Gasteiger charge is 2.22. The van der Waals surface area contributed by atoms with Crippen LogP contribution in [0.3, 0.4) is 0 Å². The van der Waals surface area contributed by atoms with Gasteiger partial charge in [0.15, 0.2) is 0 Å². The van der Waals surface area contributed by atoms with Gasteiger partial charge in [0.05, 0.1) is 0 Å². The van der Waals surface area contributed by atoms with Crippen LogP contribution in [0.25, 0.3) is 0 Å². The highest BCUT2D eigenvalue weighted by atomic mass is 15.0. The van der Waals surface area contributed by atoms with Gasteiger partial charge in [0.1, 0.15) is 0 Å². The largest absolute Gasteiger partial charge is 0.317 e. The van der Waals surface area contributed by atoms with Crippen molar-refractivity contribution >= 4 is 0 Å². The fourth-order valence-corrected chi connectivity index (χ4v) is 3.33. The van der Waals surface area contributed by atoms with E-state index in [1.54, 1.807) is 0 Å². The zero-order valence-corrected chi connectivity index (χ0v) is 10.8. The highest BCUT2D eigenvalue weighted by molar-refractivity contribution is 4.81. The van der Waals surface area contributed by atoms with E-state index in [0.29, 0.717) is 0 Å². The minimum Gasteiger partial charge on any atom is -0.317 e. The first-order valence-corrected chi connectivity index (χ1v) is 7.33. The Kier molecular flexibility index (Phi) is 5.11. The van der Waals surface area contributed by atoms with Gasteiger partial charge >= 0.3 is 0 Å². The van der Waals surface area contributed by atoms with Crippen LogP contribution in [0.1, 0.15) is 58.3 Å². The van der Waals surface area contributed by atoms with Crippen LogP contribution in [-0.4, -0.2) is 25.2 Å². The van der Waals surface area contributed by atoms with Crippen LogP contribution in [0.5, 0.6) is 0 Å². The van der Waals surface area contributed by atoms with Gasteiger partial charge in [-0.2, -0.15) is 0 Å². The predicted octanol–water partition coefficient (Wildman–Crippen LogP) is 2.69. The number of nitrogens with one attached hydrogen (secondary N) is 2. The van der Waals surface area contributed by atoms with Crippen molar-refractivity contribution < 1.29 is 0 Å². The Labute approximate surface area is 101 Å². The molecule has 0 bridgehead atoms. The second-order valence-corrected chi connectivity index (χ2v) is 5.73. The Hall–Kier alpha value is -0.0800. The van der Waals surface area contributed by atoms with Gasteiger partial charge < -0.3 is 10.6 Å². The number of hydrogen-bond acceptors (Lipinski definition) is 2. The van der Waals surface area contributed by atoms with Crippen molar-refractivity contribution in [2.45, 2.75) is 70.4 Å². The van der Waals surface area contributed by atoms with Gasteiger partial charge in [-0.1, -0.05) is 19.3 Å². The first-order valence-electron chi connectivity index (χ1n) is 7.33. The summed E-state index contributed by atoms with van der Waals surface area (Å²) >= 11 is 0. The molecule has 1 saturated heterocycles. The standard InChI is InChI=1S/C14H28N2/c1-12(13-6-3-2-4-7-13)16-14-8-5-10-15-11-9-14/h12-16H,2-11H2,1H3/t12-,14?/m0/s1. The van der Waals surface area contributed by atoms with E-state index < -0.39 is 0 Å². The Morgan fingerprint density at radius 3 is 2.56 bits per heavy atom. The summed E-state index contributed by atoms with van der Waals surface area (Å²) in [5.74, 6) is 0.949. The molecule has 0 aromatic rings. The molecule has 2 rings (SSSR count). The molecule has 2 N–H and O–H groups in total. The predicted molar refractivity (Wildman–Crippen MR) is 69.7 cm³/mol. The molecular weight excluding hydrogens is 196 g/mol. The molecule has 2 atom stereocenters. The van der Waals surface area contributed by atoms with Crippen molar-refractivity contribution in [1.29, 1.82) is 0 Å². The normalized spacial score (nSPS) is 30.9. The second-order valence-electron chi connectivity index (χ2n) is 5.73. The Balaban J connectivity index is 1.73. The van der Waals surface area contributed by atoms with Crippen LogP contribution >= 0.6 is 0 Å². The van der Waals surface area contributed by atoms with Crippen LogP contribution in [0, 0.1) is 5.92 Å². The summed E-state index contributed by atoms with van der Waals surface area (Å²) in [7, 11) is 0. The quantitative estimate of drug-likeness (QED) is 0.770. The van der Waals surface area contributed by atoms with E-state index in [0.717, 1.165) is 18.0 Å². The van der Waals surface area contributed by atoms with Gasteiger partial charge in [-0.25, -0.2) is 0 Å². The summed E-state index contributed by atoms with van der Waals surface area (Å²) in [6.45, 7) is 4.83. The average Bonchev–Trinajstić information content (AvgIpc) is 2.59. The molecule has 16 heavy (non-hydrogen) atoms. The molecule has 0 aromatic carbocycles. The van der Waals surface area contributed by atoms with Crippen LogP contribution in [0.2, 0.25) is 0 Å². The van der Waals surface area contributed by atoms with Crippen molar-refractivity contribution in [2.75, 3.05) is 13.1 Å². The minimum absolute atomic E-state index is 0.739. The molecule has 2 nitrogen and oxygen atoms in total. The Morgan fingerprint density at radius 1 is 0.938 bits per heavy atom. The van der Waals surface area contributed by atoms with Crippen molar-refractivity contribution in [1.82, 2.24) is 10.6 Å². The average molecular weight is 224 g/mol. The van der Waals surface area contributed by atoms with E-state index in [1.807, 2.05) is 0 Å². The van der Waals surface area contributed by atoms with E-state index in [-0.39, 0.29) is 0 Å². The van der Waals surface area contributed by atoms with Gasteiger partial charge in [-0.05, 0) is 58.0 Å². The molecule has 2 fully saturated rings. The molecule has 1 unspecified atom stereocenters. The summed E-state index contributed by atoms with van der Waals surface area (Å²) in [6.07, 6.45) is 11.3. The molecule has 1 aliphatic heterocycles. The number of hydrogen-bond donors (Lipinski definition) is 2. The van der Waals surface area contributed by atoms with Gasteiger partial charge in [-0.3, -0.25) is 0 Å². The Bertz CT molecular complexity index is 179. The van der Waals surface area contributed by atoms with Crippen LogP contribution in [-0.2, 0) is 0 Å². The summed E-state index contributed by atoms with van der Waals surface area (Å²) in [6, 6.07) is 1.51. The maximum atomic E-state index is 3.89. The van der Waals surface area contributed by atoms with Crippen LogP contribution in [0.15, 0.2) is 0 Å². The monoisotopic (exact) mass is 224 g/mol. The molecule has 0 radical (unpaired) electrons. The maximum Gasteiger partial charge on any atom is 0.00822 e. The lowest BCUT2D eigenvalue weighted by Gasteiger charge is -2.31. The lowest BCUT2D eigenvalue weighted by atomic mass is 9.84. The van der Waals surface area contributed by atoms with E-state index in [4.69, 9.17) is 0 Å². The van der Waals surface area contributed by atoms with Crippen molar-refractivity contribution in [3.8, 4) is 0 Å². The third kappa shape index (κ3) is 3.74. The lowest BCUT2D eigenvalue weighted by Crippen LogP contribution is -2.42. The van der Waals surface area contributed by atoms with E-state index >= 15 is 0 Å². The van der Waals surface area contributed by atoms with E-state index in [2.05, 4.69) is 17.6 Å². The van der Waals surface area contributed by atoms with Crippen LogP contribution < -0.4 is 10.6 Å². The molecule has 94 valence electrons. The van der Waals surface area contributed by atoms with Crippen molar-refractivity contribution in [2.24, 2.45) is 5.92 Å². The summed E-state index contributed by atoms with van der Waals surface area (Å²) < 4.78 is 0. The molecule has 1 saturated carbocycles. The SMILES string of the molecule is C[C@H](NC1CCCNCC1)C1CCCCC1. The molecule has 2 aliphatic rings.